The Balaban J connectivity index is 1.07. The van der Waals surface area contributed by atoms with Crippen molar-refractivity contribution < 1.29 is 14.0 Å². The zero-order valence-corrected chi connectivity index (χ0v) is 19.8. The summed E-state index contributed by atoms with van der Waals surface area (Å²) in [6, 6.07) is 0.482. The van der Waals surface area contributed by atoms with E-state index in [4.69, 9.17) is 0 Å². The molecule has 0 spiro atoms. The van der Waals surface area contributed by atoms with Crippen molar-refractivity contribution in [2.75, 3.05) is 32.7 Å². The summed E-state index contributed by atoms with van der Waals surface area (Å²) in [5.74, 6) is 1.37. The molecule has 7 heteroatoms. The third kappa shape index (κ3) is 5.82. The zero-order valence-electron chi connectivity index (χ0n) is 19.8. The molecule has 2 amide bonds. The van der Waals surface area contributed by atoms with Gasteiger partial charge in [0.2, 0.25) is 11.8 Å². The number of halogens is 1. The van der Waals surface area contributed by atoms with Crippen molar-refractivity contribution in [3.63, 3.8) is 0 Å². The normalized spacial score (nSPS) is 36.0. The largest absolute Gasteiger partial charge is 0.355 e. The number of carbonyl (C=O) groups is 2. The van der Waals surface area contributed by atoms with Gasteiger partial charge in [-0.1, -0.05) is 19.8 Å². The molecular formula is C25H43FN4O2. The Morgan fingerprint density at radius 3 is 2.69 bits per heavy atom. The maximum Gasteiger partial charge on any atom is 0.237 e. The molecule has 4 fully saturated rings. The van der Waals surface area contributed by atoms with Crippen LogP contribution in [0, 0.1) is 23.7 Å². The molecule has 0 bridgehead atoms. The van der Waals surface area contributed by atoms with Crippen LogP contribution < -0.4 is 16.0 Å². The number of piperidine rings is 2. The number of rotatable bonds is 7. The minimum atomic E-state index is -0.818. The van der Waals surface area contributed by atoms with Crippen molar-refractivity contribution in [1.82, 2.24) is 20.9 Å². The highest BCUT2D eigenvalue weighted by molar-refractivity contribution is 5.82. The van der Waals surface area contributed by atoms with Gasteiger partial charge >= 0.3 is 0 Å². The molecule has 0 aromatic rings. The van der Waals surface area contributed by atoms with E-state index in [-0.39, 0.29) is 29.7 Å². The first-order valence-corrected chi connectivity index (χ1v) is 13.2. The monoisotopic (exact) mass is 450 g/mol. The van der Waals surface area contributed by atoms with Gasteiger partial charge in [-0.15, -0.1) is 0 Å². The number of carbonyl (C=O) groups excluding carboxylic acids is 2. The molecule has 0 aromatic heterocycles. The average Bonchev–Trinajstić information content (AvgIpc) is 3.25. The van der Waals surface area contributed by atoms with Crippen LogP contribution in [0.15, 0.2) is 0 Å². The summed E-state index contributed by atoms with van der Waals surface area (Å²) >= 11 is 0. The molecular weight excluding hydrogens is 407 g/mol. The molecule has 4 rings (SSSR count). The van der Waals surface area contributed by atoms with Crippen molar-refractivity contribution >= 4 is 11.8 Å². The van der Waals surface area contributed by atoms with E-state index in [2.05, 4.69) is 16.0 Å². The van der Waals surface area contributed by atoms with E-state index in [1.165, 1.54) is 6.42 Å². The first-order valence-electron chi connectivity index (χ1n) is 13.2. The van der Waals surface area contributed by atoms with E-state index in [1.807, 2.05) is 11.8 Å². The molecule has 3 N–H and O–H groups in total. The van der Waals surface area contributed by atoms with E-state index in [0.29, 0.717) is 24.3 Å². The molecule has 0 radical (unpaired) electrons. The van der Waals surface area contributed by atoms with Crippen molar-refractivity contribution in [3.8, 4) is 0 Å². The first kappa shape index (κ1) is 23.9. The maximum absolute atomic E-state index is 14.0. The van der Waals surface area contributed by atoms with Crippen LogP contribution in [-0.4, -0.2) is 67.7 Å². The first-order chi connectivity index (χ1) is 15.5. The predicted octanol–water partition coefficient (Wildman–Crippen LogP) is 2.63. The molecule has 3 heterocycles. The van der Waals surface area contributed by atoms with E-state index in [1.54, 1.807) is 0 Å². The van der Waals surface area contributed by atoms with E-state index in [9.17, 15) is 14.0 Å². The summed E-state index contributed by atoms with van der Waals surface area (Å²) < 4.78 is 14.0. The molecule has 4 aliphatic rings. The topological polar surface area (TPSA) is 73.5 Å². The van der Waals surface area contributed by atoms with E-state index < -0.39 is 6.17 Å². The van der Waals surface area contributed by atoms with Crippen LogP contribution >= 0.6 is 0 Å². The Morgan fingerprint density at radius 1 is 1.09 bits per heavy atom. The lowest BCUT2D eigenvalue weighted by Crippen LogP contribution is -2.46. The van der Waals surface area contributed by atoms with Gasteiger partial charge in [0.25, 0.3) is 0 Å². The van der Waals surface area contributed by atoms with Crippen molar-refractivity contribution in [3.05, 3.63) is 0 Å². The van der Waals surface area contributed by atoms with Gasteiger partial charge < -0.3 is 20.9 Å². The molecule has 6 nitrogen and oxygen atoms in total. The van der Waals surface area contributed by atoms with Crippen molar-refractivity contribution in [1.29, 1.82) is 0 Å². The van der Waals surface area contributed by atoms with Gasteiger partial charge in [-0.05, 0) is 82.2 Å². The van der Waals surface area contributed by atoms with Crippen LogP contribution in [0.2, 0.25) is 0 Å². The van der Waals surface area contributed by atoms with Crippen LogP contribution in [0.25, 0.3) is 0 Å². The SMILES string of the molecule is CC1C(F)CCCC1C(=O)N1CCC(CCCCNC(=O)C2CC3CNCCC3N2)CC1. The lowest BCUT2D eigenvalue weighted by atomic mass is 9.78. The second-order valence-corrected chi connectivity index (χ2v) is 10.8. The number of nitrogens with zero attached hydrogens (tertiary/aromatic N) is 1. The number of amides is 2. The number of fused-ring (bicyclic) bond motifs is 1. The Labute approximate surface area is 192 Å². The molecule has 3 aliphatic heterocycles. The fraction of sp³-hybridized carbons (Fsp3) is 0.920. The van der Waals surface area contributed by atoms with Crippen molar-refractivity contribution in [2.24, 2.45) is 23.7 Å². The van der Waals surface area contributed by atoms with Gasteiger partial charge in [0.05, 0.1) is 6.04 Å². The number of hydrogen-bond acceptors (Lipinski definition) is 4. The minimum absolute atomic E-state index is 0.0219. The molecule has 6 atom stereocenters. The molecule has 1 saturated carbocycles. The number of alkyl halides is 1. The fourth-order valence-corrected chi connectivity index (χ4v) is 6.43. The second kappa shape index (κ2) is 11.3. The molecule has 32 heavy (non-hydrogen) atoms. The fourth-order valence-electron chi connectivity index (χ4n) is 6.43. The highest BCUT2D eigenvalue weighted by Crippen LogP contribution is 2.34. The standard InChI is InChI=1S/C25H43FN4O2/c1-17-20(6-4-7-21(17)26)25(32)30-13-9-18(10-14-30)5-2-3-11-28-24(31)23-15-19-16-27-12-8-22(19)29-23/h17-23,27,29H,2-16H2,1H3,(H,28,31). The third-order valence-electron chi connectivity index (χ3n) is 8.66. The molecule has 0 aromatic carbocycles. The van der Waals surface area contributed by atoms with Crippen LogP contribution in [0.5, 0.6) is 0 Å². The van der Waals surface area contributed by atoms with E-state index >= 15 is 0 Å². The van der Waals surface area contributed by atoms with Crippen LogP contribution in [0.4, 0.5) is 4.39 Å². The number of likely N-dealkylation sites (tertiary alicyclic amines) is 1. The Bertz CT molecular complexity index is 625. The van der Waals surface area contributed by atoms with E-state index in [0.717, 1.165) is 84.1 Å². The van der Waals surface area contributed by atoms with Crippen LogP contribution in [0.1, 0.15) is 71.1 Å². The van der Waals surface area contributed by atoms with Gasteiger partial charge in [0, 0.05) is 31.6 Å². The van der Waals surface area contributed by atoms with Gasteiger partial charge in [0.1, 0.15) is 6.17 Å². The average molecular weight is 451 g/mol. The summed E-state index contributed by atoms with van der Waals surface area (Å²) in [6.07, 6.45) is 8.97. The predicted molar refractivity (Wildman–Crippen MR) is 124 cm³/mol. The van der Waals surface area contributed by atoms with Gasteiger partial charge in [-0.25, -0.2) is 4.39 Å². The molecule has 3 saturated heterocycles. The maximum atomic E-state index is 14.0. The molecule has 182 valence electrons. The van der Waals surface area contributed by atoms with Gasteiger partial charge in [-0.3, -0.25) is 9.59 Å². The summed E-state index contributed by atoms with van der Waals surface area (Å²) in [6.45, 7) is 6.39. The van der Waals surface area contributed by atoms with Gasteiger partial charge in [0.15, 0.2) is 0 Å². The summed E-state index contributed by atoms with van der Waals surface area (Å²) in [5.41, 5.74) is 0. The molecule has 1 aliphatic carbocycles. The Hall–Kier alpha value is -1.21. The zero-order chi connectivity index (χ0) is 22.5. The quantitative estimate of drug-likeness (QED) is 0.522. The number of nitrogens with one attached hydrogen (secondary N) is 3. The third-order valence-corrected chi connectivity index (χ3v) is 8.66. The lowest BCUT2D eigenvalue weighted by Gasteiger charge is -2.38. The smallest absolute Gasteiger partial charge is 0.237 e. The second-order valence-electron chi connectivity index (χ2n) is 10.8. The summed E-state index contributed by atoms with van der Waals surface area (Å²) in [5, 5.41) is 10.1. The Morgan fingerprint density at radius 2 is 1.91 bits per heavy atom. The highest BCUT2D eigenvalue weighted by Gasteiger charge is 2.39. The summed E-state index contributed by atoms with van der Waals surface area (Å²) in [4.78, 5) is 27.4. The van der Waals surface area contributed by atoms with Crippen LogP contribution in [0.3, 0.4) is 0 Å². The number of hydrogen-bond donors (Lipinski definition) is 3. The number of unbranched alkanes of at least 4 members (excludes halogenated alkanes) is 1. The lowest BCUT2D eigenvalue weighted by molar-refractivity contribution is -0.141. The van der Waals surface area contributed by atoms with Crippen molar-refractivity contribution in [2.45, 2.75) is 89.4 Å². The molecule has 6 unspecified atom stereocenters. The van der Waals surface area contributed by atoms with Crippen LogP contribution in [-0.2, 0) is 9.59 Å². The minimum Gasteiger partial charge on any atom is -0.355 e. The summed E-state index contributed by atoms with van der Waals surface area (Å²) in [7, 11) is 0. The Kier molecular flexibility index (Phi) is 8.43. The van der Waals surface area contributed by atoms with Gasteiger partial charge in [-0.2, -0.15) is 0 Å². The highest BCUT2D eigenvalue weighted by atomic mass is 19.1.